The Bertz CT molecular complexity index is 1550. The Morgan fingerprint density at radius 1 is 0.788 bits per heavy atom. The summed E-state index contributed by atoms with van der Waals surface area (Å²) in [5.74, 6) is 0. The molecule has 2 nitrogen and oxygen atoms in total. The summed E-state index contributed by atoms with van der Waals surface area (Å²) in [7, 11) is 0. The third kappa shape index (κ3) is 2.74. The quantitative estimate of drug-likeness (QED) is 0.295. The van der Waals surface area contributed by atoms with Crippen molar-refractivity contribution in [3.63, 3.8) is 0 Å². The fourth-order valence-electron chi connectivity index (χ4n) is 5.62. The molecule has 1 N–H and O–H groups in total. The number of para-hydroxylation sites is 2. The molecule has 158 valence electrons. The van der Waals surface area contributed by atoms with Gasteiger partial charge >= 0.3 is 0 Å². The summed E-state index contributed by atoms with van der Waals surface area (Å²) in [6.45, 7) is 2.15. The van der Waals surface area contributed by atoms with Crippen molar-refractivity contribution in [3.8, 4) is 0 Å². The largest absolute Gasteiger partial charge is 0.356 e. The second-order valence-electron chi connectivity index (χ2n) is 9.17. The van der Waals surface area contributed by atoms with E-state index in [4.69, 9.17) is 0 Å². The van der Waals surface area contributed by atoms with E-state index in [-0.39, 0.29) is 6.04 Å². The van der Waals surface area contributed by atoms with Crippen LogP contribution in [0.2, 0.25) is 0 Å². The monoisotopic (exact) mass is 424 g/mol. The predicted octanol–water partition coefficient (Wildman–Crippen LogP) is 7.49. The van der Waals surface area contributed by atoms with Gasteiger partial charge in [-0.2, -0.15) is 0 Å². The maximum absolute atomic E-state index is 3.84. The second-order valence-corrected chi connectivity index (χ2v) is 9.17. The molecule has 3 heterocycles. The molecule has 2 aliphatic rings. The standard InChI is InChI=1S/C31H24N2/c1-20-14-16-21(17-15-20)29-19-22-8-2-4-10-24(22)31-30-26(25-11-5-6-12-27(25)32-30)18-23-9-3-7-13-28(23)33(29)31/h2-17,19,31-32H,18H2,1H3. The molecule has 1 unspecified atom stereocenters. The first kappa shape index (κ1) is 18.5. The Hall–Kier alpha value is -4.04. The molecule has 0 amide bonds. The minimum Gasteiger partial charge on any atom is -0.356 e. The van der Waals surface area contributed by atoms with Gasteiger partial charge in [0.2, 0.25) is 0 Å². The molecule has 0 spiro atoms. The van der Waals surface area contributed by atoms with Crippen LogP contribution in [-0.2, 0) is 6.42 Å². The molecular weight excluding hydrogens is 400 g/mol. The number of anilines is 1. The van der Waals surface area contributed by atoms with Crippen LogP contribution in [0.4, 0.5) is 5.69 Å². The lowest BCUT2D eigenvalue weighted by molar-refractivity contribution is 0.794. The minimum atomic E-state index is 0.0913. The zero-order valence-corrected chi connectivity index (χ0v) is 18.5. The molecule has 1 aromatic heterocycles. The molecule has 33 heavy (non-hydrogen) atoms. The first-order chi connectivity index (χ1) is 16.3. The summed E-state index contributed by atoms with van der Waals surface area (Å²) in [5, 5.41) is 1.33. The second kappa shape index (κ2) is 6.98. The number of aromatic amines is 1. The van der Waals surface area contributed by atoms with Crippen LogP contribution in [0.15, 0.2) is 97.1 Å². The fraction of sp³-hybridized carbons (Fsp3) is 0.0968. The summed E-state index contributed by atoms with van der Waals surface area (Å²) in [4.78, 5) is 6.40. The summed E-state index contributed by atoms with van der Waals surface area (Å²) >= 11 is 0. The van der Waals surface area contributed by atoms with Crippen LogP contribution in [0, 0.1) is 6.92 Å². The molecule has 2 aliphatic heterocycles. The normalized spacial score (nSPS) is 16.3. The molecule has 0 bridgehead atoms. The number of aromatic nitrogens is 1. The van der Waals surface area contributed by atoms with Gasteiger partial charge in [0.15, 0.2) is 0 Å². The van der Waals surface area contributed by atoms with Gasteiger partial charge in [0, 0.05) is 34.4 Å². The molecule has 1 atom stereocenters. The number of rotatable bonds is 1. The molecule has 0 fully saturated rings. The van der Waals surface area contributed by atoms with Crippen LogP contribution in [0.25, 0.3) is 22.7 Å². The lowest BCUT2D eigenvalue weighted by Gasteiger charge is -2.39. The number of hydrogen-bond donors (Lipinski definition) is 1. The number of H-pyrrole nitrogens is 1. The van der Waals surface area contributed by atoms with Gasteiger partial charge < -0.3 is 9.88 Å². The van der Waals surface area contributed by atoms with E-state index in [0.717, 1.165) is 6.42 Å². The average molecular weight is 425 g/mol. The lowest BCUT2D eigenvalue weighted by atomic mass is 9.88. The van der Waals surface area contributed by atoms with Crippen molar-refractivity contribution in [2.75, 3.05) is 4.90 Å². The topological polar surface area (TPSA) is 19.0 Å². The highest BCUT2D eigenvalue weighted by molar-refractivity contribution is 5.97. The summed E-state index contributed by atoms with van der Waals surface area (Å²) in [6, 6.07) is 35.5. The Labute approximate surface area is 193 Å². The molecule has 0 radical (unpaired) electrons. The number of nitrogens with zero attached hydrogens (tertiary/aromatic N) is 1. The van der Waals surface area contributed by atoms with Gasteiger partial charge in [-0.3, -0.25) is 0 Å². The summed E-state index contributed by atoms with van der Waals surface area (Å²) in [6.07, 6.45) is 3.28. The molecule has 0 aliphatic carbocycles. The van der Waals surface area contributed by atoms with Crippen molar-refractivity contribution in [2.45, 2.75) is 19.4 Å². The third-order valence-corrected chi connectivity index (χ3v) is 7.19. The van der Waals surface area contributed by atoms with Gasteiger partial charge in [-0.15, -0.1) is 0 Å². The number of benzene rings is 4. The Morgan fingerprint density at radius 2 is 1.55 bits per heavy atom. The Kier molecular flexibility index (Phi) is 3.92. The zero-order valence-electron chi connectivity index (χ0n) is 18.5. The van der Waals surface area contributed by atoms with E-state index in [1.807, 2.05) is 0 Å². The average Bonchev–Trinajstić information content (AvgIpc) is 3.14. The van der Waals surface area contributed by atoms with Crippen molar-refractivity contribution in [3.05, 3.63) is 136 Å². The molecule has 7 rings (SSSR count). The van der Waals surface area contributed by atoms with Crippen molar-refractivity contribution < 1.29 is 0 Å². The van der Waals surface area contributed by atoms with Crippen LogP contribution < -0.4 is 4.90 Å². The summed E-state index contributed by atoms with van der Waals surface area (Å²) in [5.41, 5.74) is 13.0. The van der Waals surface area contributed by atoms with E-state index in [1.54, 1.807) is 0 Å². The van der Waals surface area contributed by atoms with E-state index in [1.165, 1.54) is 61.4 Å². The van der Waals surface area contributed by atoms with Crippen molar-refractivity contribution in [2.24, 2.45) is 0 Å². The minimum absolute atomic E-state index is 0.0913. The van der Waals surface area contributed by atoms with Crippen LogP contribution in [0.5, 0.6) is 0 Å². The third-order valence-electron chi connectivity index (χ3n) is 7.19. The number of fused-ring (bicyclic) bond motifs is 9. The van der Waals surface area contributed by atoms with Crippen LogP contribution in [-0.4, -0.2) is 4.98 Å². The molecule has 4 aromatic carbocycles. The highest BCUT2D eigenvalue weighted by Crippen LogP contribution is 2.49. The first-order valence-electron chi connectivity index (χ1n) is 11.6. The van der Waals surface area contributed by atoms with E-state index < -0.39 is 0 Å². The maximum Gasteiger partial charge on any atom is 0.100 e. The van der Waals surface area contributed by atoms with Crippen LogP contribution in [0.3, 0.4) is 0 Å². The van der Waals surface area contributed by atoms with E-state index in [2.05, 4.69) is 120 Å². The van der Waals surface area contributed by atoms with E-state index >= 15 is 0 Å². The SMILES string of the molecule is Cc1ccc(C2=Cc3ccccc3C3c4[nH]c5ccccc5c4Cc4ccccc4N23)cc1. The Morgan fingerprint density at radius 3 is 2.45 bits per heavy atom. The van der Waals surface area contributed by atoms with Gasteiger partial charge in [-0.1, -0.05) is 90.5 Å². The molecule has 0 saturated carbocycles. The van der Waals surface area contributed by atoms with Crippen molar-refractivity contribution >= 4 is 28.4 Å². The van der Waals surface area contributed by atoms with E-state index in [0.29, 0.717) is 0 Å². The summed E-state index contributed by atoms with van der Waals surface area (Å²) < 4.78 is 0. The fourth-order valence-corrected chi connectivity index (χ4v) is 5.62. The first-order valence-corrected chi connectivity index (χ1v) is 11.6. The molecular formula is C31H24N2. The van der Waals surface area contributed by atoms with Crippen LogP contribution in [0.1, 0.15) is 45.1 Å². The molecule has 0 saturated heterocycles. The molecule has 5 aromatic rings. The highest BCUT2D eigenvalue weighted by Gasteiger charge is 2.37. The smallest absolute Gasteiger partial charge is 0.100 e. The van der Waals surface area contributed by atoms with E-state index in [9.17, 15) is 0 Å². The van der Waals surface area contributed by atoms with Crippen molar-refractivity contribution in [1.29, 1.82) is 0 Å². The van der Waals surface area contributed by atoms with Gasteiger partial charge in [0.25, 0.3) is 0 Å². The van der Waals surface area contributed by atoms with Gasteiger partial charge in [-0.05, 0) is 52.9 Å². The lowest BCUT2D eigenvalue weighted by Crippen LogP contribution is -2.31. The maximum atomic E-state index is 3.84. The zero-order chi connectivity index (χ0) is 21.9. The Balaban J connectivity index is 1.59. The van der Waals surface area contributed by atoms with Crippen LogP contribution >= 0.6 is 0 Å². The highest BCUT2D eigenvalue weighted by atomic mass is 15.2. The molecule has 2 heteroatoms. The van der Waals surface area contributed by atoms with Crippen molar-refractivity contribution in [1.82, 2.24) is 4.98 Å². The predicted molar refractivity (Wildman–Crippen MR) is 137 cm³/mol. The number of hydrogen-bond acceptors (Lipinski definition) is 1. The van der Waals surface area contributed by atoms with Gasteiger partial charge in [0.05, 0.1) is 0 Å². The number of nitrogens with one attached hydrogen (secondary N) is 1. The van der Waals surface area contributed by atoms with Gasteiger partial charge in [0.1, 0.15) is 6.04 Å². The number of aryl methyl sites for hydroxylation is 1. The van der Waals surface area contributed by atoms with Gasteiger partial charge in [-0.25, -0.2) is 0 Å².